The molecule has 2 bridgehead atoms. The van der Waals surface area contributed by atoms with Crippen LogP contribution in [0.1, 0.15) is 41.0 Å². The molecule has 0 aliphatic carbocycles. The molecule has 0 unspecified atom stereocenters. The van der Waals surface area contributed by atoms with E-state index in [0.29, 0.717) is 6.42 Å². The second kappa shape index (κ2) is 3.51. The fourth-order valence-corrected chi connectivity index (χ4v) is 3.45. The van der Waals surface area contributed by atoms with E-state index in [9.17, 15) is 9.90 Å². The smallest absolute Gasteiger partial charge is 0.311 e. The minimum absolute atomic E-state index is 0.243. The maximum Gasteiger partial charge on any atom is 0.311 e. The monoisotopic (exact) mass is 270 g/mol. The quantitative estimate of drug-likeness (QED) is 0.721. The lowest BCUT2D eigenvalue weighted by Gasteiger charge is -2.53. The van der Waals surface area contributed by atoms with Crippen LogP contribution in [0.5, 0.6) is 0 Å². The van der Waals surface area contributed by atoms with Gasteiger partial charge in [0.15, 0.2) is 0 Å². The zero-order valence-corrected chi connectivity index (χ0v) is 12.1. The molecular weight excluding hydrogens is 248 g/mol. The van der Waals surface area contributed by atoms with E-state index in [-0.39, 0.29) is 24.3 Å². The molecule has 1 N–H and O–H groups in total. The van der Waals surface area contributed by atoms with Gasteiger partial charge >= 0.3 is 5.97 Å². The molecule has 6 atom stereocenters. The molecule has 0 aromatic heterocycles. The normalized spacial score (nSPS) is 51.7. The van der Waals surface area contributed by atoms with Crippen LogP contribution in [0.2, 0.25) is 0 Å². The van der Waals surface area contributed by atoms with E-state index < -0.39 is 22.7 Å². The van der Waals surface area contributed by atoms with Gasteiger partial charge in [0, 0.05) is 6.42 Å². The van der Waals surface area contributed by atoms with E-state index in [1.807, 2.05) is 34.6 Å². The average molecular weight is 270 g/mol. The van der Waals surface area contributed by atoms with Crippen LogP contribution < -0.4 is 0 Å². The maximum absolute atomic E-state index is 12.0. The SMILES string of the molecule is CC(C)(C)C(=O)O[C@H]1C[C@]2(C)O[C@@]3(C)[C@H](O[C@@H]13)[C@@H]2O. The van der Waals surface area contributed by atoms with E-state index in [1.165, 1.54) is 0 Å². The fraction of sp³-hybridized carbons (Fsp3) is 0.929. The summed E-state index contributed by atoms with van der Waals surface area (Å²) in [5.74, 6) is -0.243. The van der Waals surface area contributed by atoms with Gasteiger partial charge in [0.05, 0.1) is 11.0 Å². The number of hydrogen-bond donors (Lipinski definition) is 1. The van der Waals surface area contributed by atoms with Crippen molar-refractivity contribution >= 4 is 5.97 Å². The van der Waals surface area contributed by atoms with Crippen LogP contribution in [-0.4, -0.2) is 46.7 Å². The highest BCUT2D eigenvalue weighted by atomic mass is 16.7. The zero-order valence-electron chi connectivity index (χ0n) is 12.1. The van der Waals surface area contributed by atoms with Gasteiger partial charge in [-0.1, -0.05) is 0 Å². The van der Waals surface area contributed by atoms with E-state index in [0.717, 1.165) is 0 Å². The van der Waals surface area contributed by atoms with Gasteiger partial charge in [0.1, 0.15) is 30.0 Å². The molecule has 0 spiro atoms. The van der Waals surface area contributed by atoms with Gasteiger partial charge in [-0.2, -0.15) is 0 Å². The molecule has 3 aliphatic heterocycles. The molecule has 3 aliphatic rings. The number of carbonyl (C=O) groups excluding carboxylic acids is 1. The highest BCUT2D eigenvalue weighted by molar-refractivity contribution is 5.75. The molecule has 3 heterocycles. The minimum atomic E-state index is -0.685. The standard InChI is InChI=1S/C14H22O5/c1-12(2,3)11(16)17-7-6-13(4)8(15)10-14(5,19-13)9(7)18-10/h7-10,15H,6H2,1-5H3/t7-,8-,9-,10+,13-,14+/m0/s1. The molecule has 3 fully saturated rings. The summed E-state index contributed by atoms with van der Waals surface area (Å²) >= 11 is 0. The van der Waals surface area contributed by atoms with Crippen LogP contribution in [0.25, 0.3) is 0 Å². The Labute approximate surface area is 113 Å². The van der Waals surface area contributed by atoms with Gasteiger partial charge in [-0.05, 0) is 34.6 Å². The number of aliphatic hydroxyl groups is 1. The lowest BCUT2D eigenvalue weighted by Crippen LogP contribution is -2.69. The summed E-state index contributed by atoms with van der Waals surface area (Å²) in [6.07, 6.45) is -1.10. The Morgan fingerprint density at radius 3 is 2.53 bits per heavy atom. The summed E-state index contributed by atoms with van der Waals surface area (Å²) in [5.41, 5.74) is -1.76. The van der Waals surface area contributed by atoms with E-state index in [4.69, 9.17) is 14.2 Å². The molecule has 3 rings (SSSR count). The number of hydrogen-bond acceptors (Lipinski definition) is 5. The van der Waals surface area contributed by atoms with Gasteiger partial charge in [0.25, 0.3) is 0 Å². The molecule has 0 aromatic rings. The topological polar surface area (TPSA) is 65.0 Å². The summed E-state index contributed by atoms with van der Waals surface area (Å²) in [6, 6.07) is 0. The Kier molecular flexibility index (Phi) is 2.46. The number of aliphatic hydroxyl groups excluding tert-OH is 1. The van der Waals surface area contributed by atoms with E-state index >= 15 is 0 Å². The highest BCUT2D eigenvalue weighted by Gasteiger charge is 2.75. The van der Waals surface area contributed by atoms with Crippen LogP contribution >= 0.6 is 0 Å². The lowest BCUT2D eigenvalue weighted by atomic mass is 9.83. The summed E-state index contributed by atoms with van der Waals surface area (Å²) in [5, 5.41) is 10.3. The highest BCUT2D eigenvalue weighted by Crippen LogP contribution is 2.57. The summed E-state index contributed by atoms with van der Waals surface area (Å²) in [6.45, 7) is 9.26. The number of rotatable bonds is 1. The second-order valence-corrected chi connectivity index (χ2v) is 7.42. The van der Waals surface area contributed by atoms with E-state index in [2.05, 4.69) is 0 Å². The second-order valence-electron chi connectivity index (χ2n) is 7.42. The van der Waals surface area contributed by atoms with Crippen molar-refractivity contribution in [1.82, 2.24) is 0 Å². The van der Waals surface area contributed by atoms with Crippen LogP contribution in [0.4, 0.5) is 0 Å². The van der Waals surface area contributed by atoms with Crippen molar-refractivity contribution < 1.29 is 24.1 Å². The predicted molar refractivity (Wildman–Crippen MR) is 66.5 cm³/mol. The zero-order chi connectivity index (χ0) is 14.2. The first-order chi connectivity index (χ1) is 8.58. The van der Waals surface area contributed by atoms with Crippen molar-refractivity contribution in [2.75, 3.05) is 0 Å². The largest absolute Gasteiger partial charge is 0.459 e. The van der Waals surface area contributed by atoms with Gasteiger partial charge in [0.2, 0.25) is 0 Å². The number of esters is 1. The summed E-state index contributed by atoms with van der Waals surface area (Å²) in [4.78, 5) is 12.0. The Morgan fingerprint density at radius 1 is 1.32 bits per heavy atom. The van der Waals surface area contributed by atoms with Crippen molar-refractivity contribution in [1.29, 1.82) is 0 Å². The third kappa shape index (κ3) is 1.61. The van der Waals surface area contributed by atoms with Crippen molar-refractivity contribution in [2.24, 2.45) is 5.41 Å². The van der Waals surface area contributed by atoms with Crippen LogP contribution in [0.3, 0.4) is 0 Å². The molecule has 108 valence electrons. The Balaban J connectivity index is 1.82. The van der Waals surface area contributed by atoms with Crippen molar-refractivity contribution in [3.05, 3.63) is 0 Å². The van der Waals surface area contributed by atoms with Gasteiger partial charge < -0.3 is 19.3 Å². The third-order valence-electron chi connectivity index (χ3n) is 4.60. The predicted octanol–water partition coefficient (Wildman–Crippen LogP) is 1.02. The van der Waals surface area contributed by atoms with Crippen LogP contribution in [-0.2, 0) is 19.0 Å². The first kappa shape index (κ1) is 13.3. The Bertz CT molecular complexity index is 420. The van der Waals surface area contributed by atoms with Gasteiger partial charge in [-0.25, -0.2) is 0 Å². The number of fused-ring (bicyclic) bond motifs is 1. The first-order valence-corrected chi connectivity index (χ1v) is 6.83. The molecule has 5 heteroatoms. The van der Waals surface area contributed by atoms with Gasteiger partial charge in [-0.15, -0.1) is 0 Å². The lowest BCUT2D eigenvalue weighted by molar-refractivity contribution is -0.327. The fourth-order valence-electron chi connectivity index (χ4n) is 3.45. The molecule has 3 saturated heterocycles. The molecule has 19 heavy (non-hydrogen) atoms. The molecule has 0 aromatic carbocycles. The minimum Gasteiger partial charge on any atom is -0.459 e. The third-order valence-corrected chi connectivity index (χ3v) is 4.60. The molecule has 0 saturated carbocycles. The Hall–Kier alpha value is -0.650. The van der Waals surface area contributed by atoms with Gasteiger partial charge in [-0.3, -0.25) is 4.79 Å². The van der Waals surface area contributed by atoms with Crippen molar-refractivity contribution in [3.8, 4) is 0 Å². The summed E-state index contributed by atoms with van der Waals surface area (Å²) in [7, 11) is 0. The molecule has 0 amide bonds. The molecule has 0 radical (unpaired) electrons. The van der Waals surface area contributed by atoms with E-state index in [1.54, 1.807) is 0 Å². The average Bonchev–Trinajstić information content (AvgIpc) is 2.34. The summed E-state index contributed by atoms with van der Waals surface area (Å²) < 4.78 is 17.3. The number of carbonyl (C=O) groups is 1. The molecular formula is C14H22O5. The Morgan fingerprint density at radius 2 is 1.95 bits per heavy atom. The van der Waals surface area contributed by atoms with Crippen LogP contribution in [0, 0.1) is 5.41 Å². The van der Waals surface area contributed by atoms with Crippen LogP contribution in [0.15, 0.2) is 0 Å². The maximum atomic E-state index is 12.0. The number of ether oxygens (including phenoxy) is 3. The molecule has 5 nitrogen and oxygen atoms in total. The van der Waals surface area contributed by atoms with Crippen molar-refractivity contribution in [2.45, 2.75) is 76.7 Å². The van der Waals surface area contributed by atoms with Crippen molar-refractivity contribution in [3.63, 3.8) is 0 Å². The first-order valence-electron chi connectivity index (χ1n) is 6.83.